The lowest BCUT2D eigenvalue weighted by Gasteiger charge is -2.15. The highest BCUT2D eigenvalue weighted by Gasteiger charge is 2.21. The van der Waals surface area contributed by atoms with Crippen molar-refractivity contribution in [1.29, 1.82) is 0 Å². The highest BCUT2D eigenvalue weighted by atomic mass is 16.5. The molecule has 3 aromatic rings. The first-order chi connectivity index (χ1) is 15.6. The van der Waals surface area contributed by atoms with Crippen LogP contribution in [0.5, 0.6) is 5.75 Å². The van der Waals surface area contributed by atoms with E-state index in [1.807, 2.05) is 30.3 Å². The van der Waals surface area contributed by atoms with Gasteiger partial charge < -0.3 is 20.3 Å². The monoisotopic (exact) mass is 431 g/mol. The molecule has 0 spiro atoms. The standard InChI is InChI=1S/C25H29N5O2/c1-4-30(2)13-5-6-17-7-12-22-21(14-17)24-18(15-23(31)28-22)16-26-25(29-24)27-19-8-10-20(32-3)11-9-19/h7-12,14,16H,4-6,13,15H2,1-3H3,(H,28,31)(H,26,27,29). The highest BCUT2D eigenvalue weighted by molar-refractivity contribution is 6.00. The van der Waals surface area contributed by atoms with E-state index in [2.05, 4.69) is 46.6 Å². The number of rotatable bonds is 8. The van der Waals surface area contributed by atoms with Gasteiger partial charge in [-0.2, -0.15) is 0 Å². The lowest BCUT2D eigenvalue weighted by atomic mass is 10.00. The summed E-state index contributed by atoms with van der Waals surface area (Å²) in [6, 6.07) is 13.8. The Morgan fingerprint density at radius 1 is 1.19 bits per heavy atom. The molecular formula is C25H29N5O2. The van der Waals surface area contributed by atoms with Crippen LogP contribution in [0, 0.1) is 0 Å². The molecule has 1 aromatic heterocycles. The summed E-state index contributed by atoms with van der Waals surface area (Å²) >= 11 is 0. The fourth-order valence-electron chi connectivity index (χ4n) is 3.76. The van der Waals surface area contributed by atoms with Crippen molar-refractivity contribution in [1.82, 2.24) is 14.9 Å². The molecule has 32 heavy (non-hydrogen) atoms. The molecule has 1 aliphatic rings. The third kappa shape index (κ3) is 5.06. The fraction of sp³-hybridized carbons (Fsp3) is 0.320. The Hall–Kier alpha value is -3.45. The lowest BCUT2D eigenvalue weighted by molar-refractivity contribution is -0.115. The van der Waals surface area contributed by atoms with Gasteiger partial charge in [0.05, 0.1) is 24.9 Å². The summed E-state index contributed by atoms with van der Waals surface area (Å²) in [5.41, 5.74) is 5.44. The fourth-order valence-corrected chi connectivity index (χ4v) is 3.76. The summed E-state index contributed by atoms with van der Waals surface area (Å²) in [4.78, 5) is 24.0. The molecule has 1 aliphatic heterocycles. The van der Waals surface area contributed by atoms with Gasteiger partial charge in [0.2, 0.25) is 11.9 Å². The average Bonchev–Trinajstić information content (AvgIpc) is 2.94. The van der Waals surface area contributed by atoms with Crippen molar-refractivity contribution in [2.75, 3.05) is 37.9 Å². The smallest absolute Gasteiger partial charge is 0.228 e. The molecule has 166 valence electrons. The summed E-state index contributed by atoms with van der Waals surface area (Å²) in [7, 11) is 3.78. The molecule has 2 heterocycles. The van der Waals surface area contributed by atoms with Gasteiger partial charge in [-0.05, 0) is 74.9 Å². The van der Waals surface area contributed by atoms with Crippen LogP contribution in [0.25, 0.3) is 11.3 Å². The molecule has 0 fully saturated rings. The van der Waals surface area contributed by atoms with Gasteiger partial charge >= 0.3 is 0 Å². The topological polar surface area (TPSA) is 79.4 Å². The van der Waals surface area contributed by atoms with Crippen LogP contribution in [0.1, 0.15) is 24.5 Å². The maximum absolute atomic E-state index is 12.4. The van der Waals surface area contributed by atoms with Crippen molar-refractivity contribution in [3.05, 3.63) is 59.8 Å². The minimum atomic E-state index is -0.0539. The van der Waals surface area contributed by atoms with Crippen molar-refractivity contribution in [2.45, 2.75) is 26.2 Å². The number of carbonyl (C=O) groups excluding carboxylic acids is 1. The van der Waals surface area contributed by atoms with E-state index in [0.29, 0.717) is 5.95 Å². The average molecular weight is 432 g/mol. The Morgan fingerprint density at radius 3 is 2.75 bits per heavy atom. The van der Waals surface area contributed by atoms with Crippen molar-refractivity contribution >= 4 is 23.2 Å². The van der Waals surface area contributed by atoms with Gasteiger partial charge in [0.15, 0.2) is 0 Å². The molecular weight excluding hydrogens is 402 g/mol. The van der Waals surface area contributed by atoms with Crippen LogP contribution in [0.4, 0.5) is 17.3 Å². The predicted octanol–water partition coefficient (Wildman–Crippen LogP) is 4.27. The van der Waals surface area contributed by atoms with Crippen LogP contribution in [-0.4, -0.2) is 48.0 Å². The van der Waals surface area contributed by atoms with Gasteiger partial charge in [-0.15, -0.1) is 0 Å². The van der Waals surface area contributed by atoms with E-state index in [4.69, 9.17) is 9.72 Å². The Labute approximate surface area is 188 Å². The second-order valence-electron chi connectivity index (χ2n) is 8.03. The number of hydrogen-bond donors (Lipinski definition) is 2. The van der Waals surface area contributed by atoms with E-state index in [0.717, 1.165) is 59.9 Å². The van der Waals surface area contributed by atoms with Crippen LogP contribution in [0.15, 0.2) is 48.7 Å². The Morgan fingerprint density at radius 2 is 2.00 bits per heavy atom. The number of methoxy groups -OCH3 is 1. The summed E-state index contributed by atoms with van der Waals surface area (Å²) < 4.78 is 5.21. The van der Waals surface area contributed by atoms with E-state index in [1.165, 1.54) is 5.56 Å². The van der Waals surface area contributed by atoms with Crippen LogP contribution in [0.2, 0.25) is 0 Å². The summed E-state index contributed by atoms with van der Waals surface area (Å²) in [6.07, 6.45) is 4.05. The largest absolute Gasteiger partial charge is 0.497 e. The molecule has 0 saturated carbocycles. The minimum Gasteiger partial charge on any atom is -0.497 e. The summed E-state index contributed by atoms with van der Waals surface area (Å²) in [6.45, 7) is 4.27. The van der Waals surface area contributed by atoms with Crippen molar-refractivity contribution in [3.63, 3.8) is 0 Å². The normalized spacial score (nSPS) is 12.6. The van der Waals surface area contributed by atoms with Crippen LogP contribution < -0.4 is 15.4 Å². The van der Waals surface area contributed by atoms with Crippen LogP contribution in [0.3, 0.4) is 0 Å². The molecule has 0 atom stereocenters. The van der Waals surface area contributed by atoms with E-state index in [-0.39, 0.29) is 12.3 Å². The molecule has 7 nitrogen and oxygen atoms in total. The molecule has 0 radical (unpaired) electrons. The number of nitrogens with one attached hydrogen (secondary N) is 2. The zero-order valence-corrected chi connectivity index (χ0v) is 18.8. The maximum Gasteiger partial charge on any atom is 0.228 e. The number of amides is 1. The molecule has 0 bridgehead atoms. The van der Waals surface area contributed by atoms with Crippen molar-refractivity contribution < 1.29 is 9.53 Å². The molecule has 2 aromatic carbocycles. The van der Waals surface area contributed by atoms with Gasteiger partial charge in [0.25, 0.3) is 0 Å². The van der Waals surface area contributed by atoms with E-state index in [1.54, 1.807) is 13.3 Å². The van der Waals surface area contributed by atoms with Gasteiger partial charge in [-0.1, -0.05) is 13.0 Å². The zero-order chi connectivity index (χ0) is 22.5. The first-order valence-corrected chi connectivity index (χ1v) is 10.9. The molecule has 4 rings (SSSR count). The van der Waals surface area contributed by atoms with Gasteiger partial charge in [0.1, 0.15) is 5.75 Å². The van der Waals surface area contributed by atoms with E-state index in [9.17, 15) is 4.79 Å². The summed E-state index contributed by atoms with van der Waals surface area (Å²) in [5, 5.41) is 6.26. The third-order valence-electron chi connectivity index (χ3n) is 5.72. The highest BCUT2D eigenvalue weighted by Crippen LogP contribution is 2.34. The Bertz CT molecular complexity index is 1100. The Balaban J connectivity index is 1.63. The molecule has 1 amide bonds. The van der Waals surface area contributed by atoms with Crippen molar-refractivity contribution in [3.8, 4) is 17.0 Å². The van der Waals surface area contributed by atoms with Gasteiger partial charge in [-0.3, -0.25) is 4.79 Å². The second kappa shape index (κ2) is 9.78. The number of anilines is 3. The maximum atomic E-state index is 12.4. The number of ether oxygens (including phenoxy) is 1. The lowest BCUT2D eigenvalue weighted by Crippen LogP contribution is -2.19. The van der Waals surface area contributed by atoms with E-state index >= 15 is 0 Å². The van der Waals surface area contributed by atoms with Gasteiger partial charge in [0, 0.05) is 23.0 Å². The number of fused-ring (bicyclic) bond motifs is 3. The third-order valence-corrected chi connectivity index (χ3v) is 5.72. The predicted molar refractivity (Wildman–Crippen MR) is 128 cm³/mol. The van der Waals surface area contributed by atoms with Gasteiger partial charge in [-0.25, -0.2) is 9.97 Å². The second-order valence-corrected chi connectivity index (χ2v) is 8.03. The first-order valence-electron chi connectivity index (χ1n) is 10.9. The molecule has 0 unspecified atom stereocenters. The van der Waals surface area contributed by atoms with Crippen LogP contribution >= 0.6 is 0 Å². The number of hydrogen-bond acceptors (Lipinski definition) is 6. The molecule has 2 N–H and O–H groups in total. The number of carbonyl (C=O) groups is 1. The number of aryl methyl sites for hydroxylation is 1. The first kappa shape index (κ1) is 21.8. The summed E-state index contributed by atoms with van der Waals surface area (Å²) in [5.74, 6) is 1.22. The minimum absolute atomic E-state index is 0.0539. The number of benzene rings is 2. The quantitative estimate of drug-likeness (QED) is 0.554. The van der Waals surface area contributed by atoms with Crippen molar-refractivity contribution in [2.24, 2.45) is 0 Å². The molecule has 0 saturated heterocycles. The molecule has 0 aliphatic carbocycles. The van der Waals surface area contributed by atoms with Crippen LogP contribution in [-0.2, 0) is 17.6 Å². The zero-order valence-electron chi connectivity index (χ0n) is 18.8. The number of nitrogens with zero attached hydrogens (tertiary/aromatic N) is 3. The molecule has 7 heteroatoms. The SMILES string of the molecule is CCN(C)CCCc1ccc2c(c1)-c1nc(Nc3ccc(OC)cc3)ncc1CC(=O)N2. The number of aromatic nitrogens is 2. The Kier molecular flexibility index (Phi) is 6.66. The van der Waals surface area contributed by atoms with E-state index < -0.39 is 0 Å².